The molecule has 0 saturated heterocycles. The summed E-state index contributed by atoms with van der Waals surface area (Å²) in [4.78, 5) is 0. The number of benzene rings is 1. The summed E-state index contributed by atoms with van der Waals surface area (Å²) >= 11 is 0. The van der Waals surface area contributed by atoms with Gasteiger partial charge in [-0.05, 0) is 31.5 Å². The molecule has 0 spiro atoms. The normalized spacial score (nSPS) is 11.5. The minimum atomic E-state index is -3.70. The van der Waals surface area contributed by atoms with Gasteiger partial charge in [0.05, 0.1) is 11.9 Å². The third-order valence-electron chi connectivity index (χ3n) is 2.79. The standard InChI is InChI=1S/C12H15N3O3S/c1-3-15(11-8-10(16)5-4-9(11)2)19(17,18)12-6-7-13-14-12/h4-8,16H,3H2,1-2H3,(H,13,14). The van der Waals surface area contributed by atoms with E-state index in [2.05, 4.69) is 10.2 Å². The number of nitrogens with one attached hydrogen (secondary N) is 1. The maximum atomic E-state index is 12.5. The van der Waals surface area contributed by atoms with E-state index in [0.717, 1.165) is 5.56 Å². The molecule has 0 aliphatic heterocycles. The average Bonchev–Trinajstić information content (AvgIpc) is 2.88. The van der Waals surface area contributed by atoms with E-state index in [1.165, 1.54) is 28.7 Å². The number of H-pyrrole nitrogens is 1. The van der Waals surface area contributed by atoms with E-state index in [0.29, 0.717) is 5.69 Å². The highest BCUT2D eigenvalue weighted by atomic mass is 32.2. The van der Waals surface area contributed by atoms with Gasteiger partial charge in [-0.3, -0.25) is 9.40 Å². The molecule has 6 nitrogen and oxygen atoms in total. The summed E-state index contributed by atoms with van der Waals surface area (Å²) in [6.07, 6.45) is 1.38. The van der Waals surface area contributed by atoms with Crippen LogP contribution in [-0.2, 0) is 10.0 Å². The lowest BCUT2D eigenvalue weighted by Crippen LogP contribution is -2.31. The van der Waals surface area contributed by atoms with Crippen molar-refractivity contribution in [2.75, 3.05) is 10.8 Å². The first-order chi connectivity index (χ1) is 8.96. The molecule has 1 aromatic carbocycles. The van der Waals surface area contributed by atoms with Gasteiger partial charge < -0.3 is 5.11 Å². The molecule has 0 amide bonds. The molecule has 0 atom stereocenters. The molecular weight excluding hydrogens is 266 g/mol. The van der Waals surface area contributed by atoms with Gasteiger partial charge in [-0.1, -0.05) is 6.07 Å². The molecule has 2 aromatic rings. The van der Waals surface area contributed by atoms with Gasteiger partial charge in [0.1, 0.15) is 5.75 Å². The van der Waals surface area contributed by atoms with E-state index in [1.54, 1.807) is 19.9 Å². The average molecular weight is 281 g/mol. The van der Waals surface area contributed by atoms with Crippen LogP contribution in [-0.4, -0.2) is 30.3 Å². The number of aromatic hydroxyl groups is 1. The highest BCUT2D eigenvalue weighted by molar-refractivity contribution is 7.92. The van der Waals surface area contributed by atoms with E-state index in [9.17, 15) is 13.5 Å². The van der Waals surface area contributed by atoms with Gasteiger partial charge in [0.2, 0.25) is 0 Å². The molecule has 0 bridgehead atoms. The monoisotopic (exact) mass is 281 g/mol. The number of nitrogens with zero attached hydrogens (tertiary/aromatic N) is 2. The zero-order chi connectivity index (χ0) is 14.0. The molecule has 0 fully saturated rings. The van der Waals surface area contributed by atoms with Crippen molar-refractivity contribution in [3.63, 3.8) is 0 Å². The predicted molar refractivity (Wildman–Crippen MR) is 71.6 cm³/mol. The number of aryl methyl sites for hydroxylation is 1. The van der Waals surface area contributed by atoms with Crippen LogP contribution in [0.4, 0.5) is 5.69 Å². The number of hydrogen-bond donors (Lipinski definition) is 2. The van der Waals surface area contributed by atoms with E-state index in [1.807, 2.05) is 0 Å². The summed E-state index contributed by atoms with van der Waals surface area (Å²) in [7, 11) is -3.70. The molecule has 0 radical (unpaired) electrons. The van der Waals surface area contributed by atoms with Crippen LogP contribution < -0.4 is 4.31 Å². The Bertz CT molecular complexity index is 666. The van der Waals surface area contributed by atoms with Crippen LogP contribution in [0.3, 0.4) is 0 Å². The van der Waals surface area contributed by atoms with Gasteiger partial charge in [0.15, 0.2) is 5.03 Å². The summed E-state index contributed by atoms with van der Waals surface area (Å²) in [5, 5.41) is 15.7. The Morgan fingerprint density at radius 1 is 1.37 bits per heavy atom. The summed E-state index contributed by atoms with van der Waals surface area (Å²) in [5.74, 6) is 0.0267. The number of aromatic nitrogens is 2. The number of sulfonamides is 1. The molecular formula is C12H15N3O3S. The largest absolute Gasteiger partial charge is 0.508 e. The van der Waals surface area contributed by atoms with Crippen molar-refractivity contribution >= 4 is 15.7 Å². The van der Waals surface area contributed by atoms with Crippen molar-refractivity contribution < 1.29 is 13.5 Å². The van der Waals surface area contributed by atoms with Crippen LogP contribution in [0.5, 0.6) is 5.75 Å². The highest BCUT2D eigenvalue weighted by Gasteiger charge is 2.26. The van der Waals surface area contributed by atoms with Crippen molar-refractivity contribution in [3.05, 3.63) is 36.0 Å². The fourth-order valence-electron chi connectivity index (χ4n) is 1.84. The van der Waals surface area contributed by atoms with Crippen LogP contribution in [0.2, 0.25) is 0 Å². The van der Waals surface area contributed by atoms with Crippen LogP contribution in [0, 0.1) is 6.92 Å². The number of hydrogen-bond acceptors (Lipinski definition) is 4. The lowest BCUT2D eigenvalue weighted by Gasteiger charge is -2.23. The second kappa shape index (κ2) is 4.93. The number of rotatable bonds is 4. The Morgan fingerprint density at radius 2 is 2.11 bits per heavy atom. The van der Waals surface area contributed by atoms with Gasteiger partial charge in [-0.2, -0.15) is 13.5 Å². The first kappa shape index (κ1) is 13.4. The molecule has 102 valence electrons. The summed E-state index contributed by atoms with van der Waals surface area (Å²) in [5.41, 5.74) is 1.22. The molecule has 1 aromatic heterocycles. The van der Waals surface area contributed by atoms with Crippen molar-refractivity contribution in [1.29, 1.82) is 0 Å². The molecule has 19 heavy (non-hydrogen) atoms. The van der Waals surface area contributed by atoms with E-state index in [-0.39, 0.29) is 17.3 Å². The van der Waals surface area contributed by atoms with Gasteiger partial charge in [-0.25, -0.2) is 0 Å². The zero-order valence-electron chi connectivity index (χ0n) is 10.7. The first-order valence-electron chi connectivity index (χ1n) is 5.78. The smallest absolute Gasteiger partial charge is 0.281 e. The van der Waals surface area contributed by atoms with Crippen LogP contribution in [0.15, 0.2) is 35.5 Å². The van der Waals surface area contributed by atoms with Crippen molar-refractivity contribution in [2.24, 2.45) is 0 Å². The third-order valence-corrected chi connectivity index (χ3v) is 4.61. The van der Waals surface area contributed by atoms with Crippen LogP contribution in [0.25, 0.3) is 0 Å². The summed E-state index contributed by atoms with van der Waals surface area (Å²) < 4.78 is 26.2. The lowest BCUT2D eigenvalue weighted by molar-refractivity contribution is 0.475. The van der Waals surface area contributed by atoms with Gasteiger partial charge in [0.25, 0.3) is 10.0 Å². The topological polar surface area (TPSA) is 86.3 Å². The SMILES string of the molecule is CCN(c1cc(O)ccc1C)S(=O)(=O)c1ccn[nH]1. The minimum absolute atomic E-state index is 0.0251. The maximum Gasteiger partial charge on any atom is 0.281 e. The summed E-state index contributed by atoms with van der Waals surface area (Å²) in [6, 6.07) is 6.04. The van der Waals surface area contributed by atoms with E-state index in [4.69, 9.17) is 0 Å². The van der Waals surface area contributed by atoms with Crippen LogP contribution in [0.1, 0.15) is 12.5 Å². The molecule has 7 heteroatoms. The Balaban J connectivity index is 2.54. The van der Waals surface area contributed by atoms with Gasteiger partial charge in [0, 0.05) is 12.6 Å². The quantitative estimate of drug-likeness (QED) is 0.892. The number of phenolic OH excluding ortho intramolecular Hbond substituents is 1. The Morgan fingerprint density at radius 3 is 2.68 bits per heavy atom. The second-order valence-corrected chi connectivity index (χ2v) is 5.89. The second-order valence-electron chi connectivity index (χ2n) is 4.06. The lowest BCUT2D eigenvalue weighted by atomic mass is 10.2. The number of anilines is 1. The van der Waals surface area contributed by atoms with E-state index >= 15 is 0 Å². The van der Waals surface area contributed by atoms with Gasteiger partial charge >= 0.3 is 0 Å². The Hall–Kier alpha value is -2.02. The molecule has 2 rings (SSSR count). The Labute approximate surface area is 111 Å². The fourth-order valence-corrected chi connectivity index (χ4v) is 3.28. The number of phenols is 1. The molecule has 0 aliphatic rings. The van der Waals surface area contributed by atoms with E-state index < -0.39 is 10.0 Å². The van der Waals surface area contributed by atoms with Gasteiger partial charge in [-0.15, -0.1) is 0 Å². The zero-order valence-corrected chi connectivity index (χ0v) is 11.5. The maximum absolute atomic E-state index is 12.5. The molecule has 0 unspecified atom stereocenters. The molecule has 2 N–H and O–H groups in total. The molecule has 0 aliphatic carbocycles. The fraction of sp³-hybridized carbons (Fsp3) is 0.250. The van der Waals surface area contributed by atoms with Crippen molar-refractivity contribution in [2.45, 2.75) is 18.9 Å². The molecule has 1 heterocycles. The molecule has 0 saturated carbocycles. The predicted octanol–water partition coefficient (Wildman–Crippen LogP) is 1.64. The minimum Gasteiger partial charge on any atom is -0.508 e. The van der Waals surface area contributed by atoms with Crippen LogP contribution >= 0.6 is 0 Å². The van der Waals surface area contributed by atoms with Crippen molar-refractivity contribution in [1.82, 2.24) is 10.2 Å². The first-order valence-corrected chi connectivity index (χ1v) is 7.22. The summed E-state index contributed by atoms with van der Waals surface area (Å²) in [6.45, 7) is 3.78. The third kappa shape index (κ3) is 2.41. The number of aromatic amines is 1. The highest BCUT2D eigenvalue weighted by Crippen LogP contribution is 2.28. The Kier molecular flexibility index (Phi) is 3.48. The van der Waals surface area contributed by atoms with Crippen molar-refractivity contribution in [3.8, 4) is 5.75 Å².